The maximum Gasteiger partial charge on any atom is 0.414 e. The van der Waals surface area contributed by atoms with Crippen molar-refractivity contribution in [2.45, 2.75) is 32.2 Å². The molecule has 2 atom stereocenters. The Morgan fingerprint density at radius 2 is 1.82 bits per heavy atom. The molecule has 0 amide bonds. The van der Waals surface area contributed by atoms with Crippen molar-refractivity contribution < 1.29 is 29.0 Å². The molecule has 34 heavy (non-hydrogen) atoms. The standard InChI is InChI=1S/C21H27N5O2.C2H2O4/c1-13(2)26-17-8-5-4-7-14(17)19(24-26)21-23-22-20(28-21)18-15-11-25(12-16(15)18)9-6-10-27-3;3-1(4)2(5)6/h4-5,7-8,13,15-16,18H,6,9-12H2,1-3H3;(H,3,4)(H,5,6). The SMILES string of the molecule is COCCCN1CC2C(C1)C2c1nnc(-c2nn(C(C)C)c3ccccc23)o1.O=C(O)C(=O)O. The van der Waals surface area contributed by atoms with Gasteiger partial charge in [-0.2, -0.15) is 5.10 Å². The van der Waals surface area contributed by atoms with E-state index in [4.69, 9.17) is 34.1 Å². The molecule has 1 aliphatic carbocycles. The van der Waals surface area contributed by atoms with Crippen LogP contribution >= 0.6 is 0 Å². The van der Waals surface area contributed by atoms with E-state index < -0.39 is 11.9 Å². The number of piperidine rings is 1. The molecule has 1 saturated carbocycles. The molecule has 11 heteroatoms. The van der Waals surface area contributed by atoms with Crippen molar-refractivity contribution >= 4 is 22.8 Å². The van der Waals surface area contributed by atoms with E-state index >= 15 is 0 Å². The first-order valence-electron chi connectivity index (χ1n) is 11.3. The maximum atomic E-state index is 9.10. The molecule has 3 aromatic rings. The molecule has 182 valence electrons. The number of carbonyl (C=O) groups is 2. The lowest BCUT2D eigenvalue weighted by Crippen LogP contribution is -2.26. The highest BCUT2D eigenvalue weighted by molar-refractivity contribution is 6.27. The fourth-order valence-corrected chi connectivity index (χ4v) is 4.70. The smallest absolute Gasteiger partial charge is 0.414 e. The number of carboxylic acids is 2. The van der Waals surface area contributed by atoms with Crippen LogP contribution in [0.15, 0.2) is 28.7 Å². The summed E-state index contributed by atoms with van der Waals surface area (Å²) in [6.07, 6.45) is 1.09. The van der Waals surface area contributed by atoms with E-state index in [0.29, 0.717) is 23.6 Å². The predicted molar refractivity (Wildman–Crippen MR) is 121 cm³/mol. The summed E-state index contributed by atoms with van der Waals surface area (Å²) in [7, 11) is 1.76. The zero-order chi connectivity index (χ0) is 24.4. The maximum absolute atomic E-state index is 9.10. The van der Waals surface area contributed by atoms with Gasteiger partial charge in [0.25, 0.3) is 5.89 Å². The Hall–Kier alpha value is -3.31. The van der Waals surface area contributed by atoms with Gasteiger partial charge in [0.1, 0.15) is 0 Å². The molecule has 2 fully saturated rings. The molecule has 2 aliphatic rings. The summed E-state index contributed by atoms with van der Waals surface area (Å²) in [6.45, 7) is 8.46. The number of rotatable bonds is 7. The summed E-state index contributed by atoms with van der Waals surface area (Å²) in [4.78, 5) is 20.7. The van der Waals surface area contributed by atoms with Gasteiger partial charge >= 0.3 is 11.9 Å². The molecular weight excluding hydrogens is 442 g/mol. The van der Waals surface area contributed by atoms with E-state index in [9.17, 15) is 0 Å². The van der Waals surface area contributed by atoms with Crippen molar-refractivity contribution in [1.29, 1.82) is 0 Å². The molecule has 0 bridgehead atoms. The average molecular weight is 472 g/mol. The molecule has 0 spiro atoms. The Labute approximate surface area is 196 Å². The fourth-order valence-electron chi connectivity index (χ4n) is 4.70. The lowest BCUT2D eigenvalue weighted by Gasteiger charge is -2.18. The number of carboxylic acid groups (broad SMARTS) is 2. The topological polar surface area (TPSA) is 144 Å². The van der Waals surface area contributed by atoms with Crippen LogP contribution in [0.4, 0.5) is 0 Å². The van der Waals surface area contributed by atoms with E-state index in [2.05, 4.69) is 41.1 Å². The number of fused-ring (bicyclic) bond motifs is 2. The first-order valence-corrected chi connectivity index (χ1v) is 11.3. The second-order valence-electron chi connectivity index (χ2n) is 8.92. The van der Waals surface area contributed by atoms with Crippen molar-refractivity contribution in [2.75, 3.05) is 33.4 Å². The van der Waals surface area contributed by atoms with Crippen LogP contribution in [0.3, 0.4) is 0 Å². The number of hydrogen-bond donors (Lipinski definition) is 2. The largest absolute Gasteiger partial charge is 0.473 e. The first-order chi connectivity index (χ1) is 16.3. The monoisotopic (exact) mass is 471 g/mol. The number of ether oxygens (including phenoxy) is 1. The van der Waals surface area contributed by atoms with Gasteiger partial charge in [-0.1, -0.05) is 18.2 Å². The quantitative estimate of drug-likeness (QED) is 0.389. The minimum Gasteiger partial charge on any atom is -0.473 e. The van der Waals surface area contributed by atoms with Crippen LogP contribution in [0.2, 0.25) is 0 Å². The van der Waals surface area contributed by atoms with Crippen molar-refractivity contribution in [1.82, 2.24) is 24.9 Å². The Balaban J connectivity index is 0.000000408. The third-order valence-electron chi connectivity index (χ3n) is 6.31. The molecule has 1 saturated heterocycles. The van der Waals surface area contributed by atoms with Crippen LogP contribution in [0, 0.1) is 11.8 Å². The molecule has 2 N–H and O–H groups in total. The van der Waals surface area contributed by atoms with Crippen molar-refractivity contribution in [2.24, 2.45) is 11.8 Å². The van der Waals surface area contributed by atoms with Crippen molar-refractivity contribution in [3.63, 3.8) is 0 Å². The fraction of sp³-hybridized carbons (Fsp3) is 0.522. The van der Waals surface area contributed by atoms with Gasteiger partial charge < -0.3 is 24.3 Å². The molecule has 2 unspecified atom stereocenters. The number of para-hydroxylation sites is 1. The molecule has 1 aromatic carbocycles. The van der Waals surface area contributed by atoms with E-state index in [1.165, 1.54) is 0 Å². The number of nitrogens with zero attached hydrogens (tertiary/aromatic N) is 5. The zero-order valence-electron chi connectivity index (χ0n) is 19.4. The number of hydrogen-bond acceptors (Lipinski definition) is 8. The minimum atomic E-state index is -1.82. The van der Waals surface area contributed by atoms with E-state index in [1.54, 1.807) is 7.11 Å². The van der Waals surface area contributed by atoms with Gasteiger partial charge in [-0.25, -0.2) is 9.59 Å². The van der Waals surface area contributed by atoms with Crippen LogP contribution in [0.25, 0.3) is 22.5 Å². The number of benzene rings is 1. The molecule has 2 aromatic heterocycles. The van der Waals surface area contributed by atoms with Crippen LogP contribution in [0.5, 0.6) is 0 Å². The van der Waals surface area contributed by atoms with E-state index in [1.807, 2.05) is 16.8 Å². The second-order valence-corrected chi connectivity index (χ2v) is 8.92. The van der Waals surface area contributed by atoms with Gasteiger partial charge in [0.15, 0.2) is 5.69 Å². The van der Waals surface area contributed by atoms with E-state index in [0.717, 1.165) is 55.1 Å². The van der Waals surface area contributed by atoms with Gasteiger partial charge in [-0.3, -0.25) is 4.68 Å². The number of aliphatic carboxylic acids is 2. The Kier molecular flexibility index (Phi) is 6.94. The van der Waals surface area contributed by atoms with Gasteiger partial charge in [0, 0.05) is 50.7 Å². The third kappa shape index (κ3) is 4.80. The van der Waals surface area contributed by atoms with Crippen molar-refractivity contribution in [3.05, 3.63) is 30.2 Å². The highest BCUT2D eigenvalue weighted by Crippen LogP contribution is 2.57. The van der Waals surface area contributed by atoms with Gasteiger partial charge in [0.05, 0.1) is 5.52 Å². The van der Waals surface area contributed by atoms with Crippen LogP contribution in [-0.4, -0.2) is 80.4 Å². The van der Waals surface area contributed by atoms with Crippen LogP contribution in [0.1, 0.15) is 38.1 Å². The Bertz CT molecular complexity index is 1150. The summed E-state index contributed by atoms with van der Waals surface area (Å²) in [5, 5.41) is 29.4. The number of methoxy groups -OCH3 is 1. The van der Waals surface area contributed by atoms with Crippen LogP contribution < -0.4 is 0 Å². The van der Waals surface area contributed by atoms with Crippen LogP contribution in [-0.2, 0) is 14.3 Å². The summed E-state index contributed by atoms with van der Waals surface area (Å²) < 4.78 is 13.3. The average Bonchev–Trinajstić information content (AvgIpc) is 3.23. The van der Waals surface area contributed by atoms with Gasteiger partial charge in [-0.15, -0.1) is 10.2 Å². The molecule has 11 nitrogen and oxygen atoms in total. The molecule has 0 radical (unpaired) electrons. The minimum absolute atomic E-state index is 0.271. The summed E-state index contributed by atoms with van der Waals surface area (Å²) in [5.74, 6) is -0.609. The molecule has 1 aliphatic heterocycles. The van der Waals surface area contributed by atoms with Crippen molar-refractivity contribution in [3.8, 4) is 11.6 Å². The summed E-state index contributed by atoms with van der Waals surface area (Å²) in [5.41, 5.74) is 1.89. The molecule has 3 heterocycles. The summed E-state index contributed by atoms with van der Waals surface area (Å²) in [6, 6.07) is 8.50. The second kappa shape index (κ2) is 9.90. The third-order valence-corrected chi connectivity index (χ3v) is 6.31. The highest BCUT2D eigenvalue weighted by Gasteiger charge is 2.58. The number of likely N-dealkylation sites (tertiary alicyclic amines) is 1. The normalized spacial score (nSPS) is 21.4. The predicted octanol–water partition coefficient (Wildman–Crippen LogP) is 2.50. The van der Waals surface area contributed by atoms with E-state index in [-0.39, 0.29) is 6.04 Å². The molecular formula is C23H29N5O6. The zero-order valence-corrected chi connectivity index (χ0v) is 19.4. The van der Waals surface area contributed by atoms with Gasteiger partial charge in [-0.05, 0) is 38.2 Å². The Morgan fingerprint density at radius 3 is 2.44 bits per heavy atom. The Morgan fingerprint density at radius 1 is 1.15 bits per heavy atom. The summed E-state index contributed by atoms with van der Waals surface area (Å²) >= 11 is 0. The highest BCUT2D eigenvalue weighted by atomic mass is 16.5. The first kappa shape index (κ1) is 23.8. The van der Waals surface area contributed by atoms with Gasteiger partial charge in [0.2, 0.25) is 5.89 Å². The lowest BCUT2D eigenvalue weighted by atomic mass is 10.2. The lowest BCUT2D eigenvalue weighted by molar-refractivity contribution is -0.159. The molecule has 5 rings (SSSR count). The number of aromatic nitrogens is 4.